The van der Waals surface area contributed by atoms with Gasteiger partial charge in [-0.25, -0.2) is 0 Å². The van der Waals surface area contributed by atoms with E-state index in [1.165, 1.54) is 23.3 Å². The second kappa shape index (κ2) is 5.84. The van der Waals surface area contributed by atoms with Gasteiger partial charge in [0.25, 0.3) is 5.69 Å². The van der Waals surface area contributed by atoms with Crippen LogP contribution in [0.3, 0.4) is 0 Å². The Morgan fingerprint density at radius 3 is 2.30 bits per heavy atom. The third kappa shape index (κ3) is 3.22. The van der Waals surface area contributed by atoms with E-state index < -0.39 is 4.92 Å². The summed E-state index contributed by atoms with van der Waals surface area (Å²) in [5.74, 6) is 0. The molecule has 0 spiro atoms. The second-order valence-corrected chi connectivity index (χ2v) is 5.08. The summed E-state index contributed by atoms with van der Waals surface area (Å²) in [6.07, 6.45) is 0.667. The quantitative estimate of drug-likeness (QED) is 0.683. The molecule has 1 atom stereocenters. The van der Waals surface area contributed by atoms with Crippen LogP contribution in [0, 0.1) is 24.0 Å². The standard InChI is InChI=1S/C16H18N2O2/c1-11-3-6-14(9-12(11)2)16(17)10-13-4-7-15(8-5-13)18(19)20/h3-9,16H,10,17H2,1-2H3. The first kappa shape index (κ1) is 14.2. The molecule has 1 unspecified atom stereocenters. The molecule has 0 aliphatic heterocycles. The van der Waals surface area contributed by atoms with E-state index in [1.807, 2.05) is 6.07 Å². The molecule has 0 bridgehead atoms. The first-order valence-corrected chi connectivity index (χ1v) is 6.53. The highest BCUT2D eigenvalue weighted by Crippen LogP contribution is 2.20. The van der Waals surface area contributed by atoms with Crippen LogP contribution in [0.1, 0.15) is 28.3 Å². The van der Waals surface area contributed by atoms with Crippen LogP contribution in [0.5, 0.6) is 0 Å². The van der Waals surface area contributed by atoms with Gasteiger partial charge in [0.2, 0.25) is 0 Å². The maximum atomic E-state index is 10.6. The molecule has 2 rings (SSSR count). The SMILES string of the molecule is Cc1ccc(C(N)Cc2ccc([N+](=O)[O-])cc2)cc1C. The lowest BCUT2D eigenvalue weighted by molar-refractivity contribution is -0.384. The average Bonchev–Trinajstić information content (AvgIpc) is 2.42. The summed E-state index contributed by atoms with van der Waals surface area (Å²) in [4.78, 5) is 10.2. The van der Waals surface area contributed by atoms with Crippen molar-refractivity contribution in [1.82, 2.24) is 0 Å². The topological polar surface area (TPSA) is 69.2 Å². The smallest absolute Gasteiger partial charge is 0.269 e. The zero-order valence-electron chi connectivity index (χ0n) is 11.7. The predicted octanol–water partition coefficient (Wildman–Crippen LogP) is 3.45. The van der Waals surface area contributed by atoms with E-state index in [0.717, 1.165) is 11.1 Å². The Morgan fingerprint density at radius 2 is 1.75 bits per heavy atom. The minimum atomic E-state index is -0.396. The molecule has 0 saturated heterocycles. The van der Waals surface area contributed by atoms with Gasteiger partial charge in [-0.3, -0.25) is 10.1 Å². The molecular weight excluding hydrogens is 252 g/mol. The van der Waals surface area contributed by atoms with Crippen molar-refractivity contribution < 1.29 is 4.92 Å². The molecule has 0 aromatic heterocycles. The first-order valence-electron chi connectivity index (χ1n) is 6.53. The maximum absolute atomic E-state index is 10.6. The summed E-state index contributed by atoms with van der Waals surface area (Å²) in [6.45, 7) is 4.14. The van der Waals surface area contributed by atoms with Crippen molar-refractivity contribution in [1.29, 1.82) is 0 Å². The Morgan fingerprint density at radius 1 is 1.10 bits per heavy atom. The normalized spacial score (nSPS) is 12.2. The summed E-state index contributed by atoms with van der Waals surface area (Å²) in [6, 6.07) is 12.7. The van der Waals surface area contributed by atoms with Gasteiger partial charge in [-0.05, 0) is 42.5 Å². The predicted molar refractivity (Wildman–Crippen MR) is 79.6 cm³/mol. The fourth-order valence-corrected chi connectivity index (χ4v) is 2.12. The Labute approximate surface area is 118 Å². The minimum absolute atomic E-state index is 0.101. The van der Waals surface area contributed by atoms with Crippen LogP contribution in [0.15, 0.2) is 42.5 Å². The number of rotatable bonds is 4. The number of nitrogens with two attached hydrogens (primary N) is 1. The van der Waals surface area contributed by atoms with Crippen LogP contribution < -0.4 is 5.73 Å². The molecular formula is C16H18N2O2. The zero-order chi connectivity index (χ0) is 14.7. The highest BCUT2D eigenvalue weighted by molar-refractivity contribution is 5.35. The van der Waals surface area contributed by atoms with Crippen molar-refractivity contribution in [3.8, 4) is 0 Å². The fourth-order valence-electron chi connectivity index (χ4n) is 2.12. The number of aryl methyl sites for hydroxylation is 2. The lowest BCUT2D eigenvalue weighted by atomic mass is 9.96. The molecule has 4 nitrogen and oxygen atoms in total. The van der Waals surface area contributed by atoms with Gasteiger partial charge in [-0.15, -0.1) is 0 Å². The van der Waals surface area contributed by atoms with E-state index >= 15 is 0 Å². The van der Waals surface area contributed by atoms with E-state index in [0.29, 0.717) is 6.42 Å². The summed E-state index contributed by atoms with van der Waals surface area (Å²) < 4.78 is 0. The number of hydrogen-bond acceptors (Lipinski definition) is 3. The molecule has 0 aliphatic rings. The van der Waals surface area contributed by atoms with Crippen LogP contribution in [0.2, 0.25) is 0 Å². The Balaban J connectivity index is 2.12. The number of hydrogen-bond donors (Lipinski definition) is 1. The molecule has 2 aromatic rings. The number of benzene rings is 2. The van der Waals surface area contributed by atoms with E-state index in [2.05, 4.69) is 26.0 Å². The van der Waals surface area contributed by atoms with Crippen molar-refractivity contribution >= 4 is 5.69 Å². The van der Waals surface area contributed by atoms with Crippen molar-refractivity contribution in [2.45, 2.75) is 26.3 Å². The molecule has 0 amide bonds. The Kier molecular flexibility index (Phi) is 4.15. The van der Waals surface area contributed by atoms with E-state index in [4.69, 9.17) is 5.73 Å². The van der Waals surface area contributed by atoms with E-state index in [1.54, 1.807) is 12.1 Å². The van der Waals surface area contributed by atoms with Crippen LogP contribution in [0.4, 0.5) is 5.69 Å². The van der Waals surface area contributed by atoms with E-state index in [9.17, 15) is 10.1 Å². The van der Waals surface area contributed by atoms with Crippen molar-refractivity contribution in [2.75, 3.05) is 0 Å². The van der Waals surface area contributed by atoms with Crippen LogP contribution >= 0.6 is 0 Å². The summed E-state index contributed by atoms with van der Waals surface area (Å²) in [5, 5.41) is 10.6. The van der Waals surface area contributed by atoms with Gasteiger partial charge in [0.1, 0.15) is 0 Å². The summed E-state index contributed by atoms with van der Waals surface area (Å²) in [5.41, 5.74) is 10.9. The van der Waals surface area contributed by atoms with Gasteiger partial charge < -0.3 is 5.73 Å². The van der Waals surface area contributed by atoms with Crippen LogP contribution in [-0.2, 0) is 6.42 Å². The van der Waals surface area contributed by atoms with Crippen molar-refractivity contribution in [3.63, 3.8) is 0 Å². The van der Waals surface area contributed by atoms with Gasteiger partial charge in [0.15, 0.2) is 0 Å². The maximum Gasteiger partial charge on any atom is 0.269 e. The van der Waals surface area contributed by atoms with Crippen molar-refractivity contribution in [2.24, 2.45) is 5.73 Å². The van der Waals surface area contributed by atoms with Gasteiger partial charge in [-0.1, -0.05) is 30.3 Å². The highest BCUT2D eigenvalue weighted by Gasteiger charge is 2.10. The number of nitro groups is 1. The minimum Gasteiger partial charge on any atom is -0.324 e. The van der Waals surface area contributed by atoms with Crippen LogP contribution in [-0.4, -0.2) is 4.92 Å². The molecule has 0 heterocycles. The molecule has 20 heavy (non-hydrogen) atoms. The molecule has 2 aromatic carbocycles. The van der Waals surface area contributed by atoms with E-state index in [-0.39, 0.29) is 11.7 Å². The number of nitrogens with zero attached hydrogens (tertiary/aromatic N) is 1. The Bertz CT molecular complexity index is 621. The Hall–Kier alpha value is -2.20. The molecule has 0 radical (unpaired) electrons. The average molecular weight is 270 g/mol. The third-order valence-electron chi connectivity index (χ3n) is 3.56. The molecule has 4 heteroatoms. The van der Waals surface area contributed by atoms with Crippen LogP contribution in [0.25, 0.3) is 0 Å². The zero-order valence-corrected chi connectivity index (χ0v) is 11.7. The first-order chi connectivity index (χ1) is 9.47. The highest BCUT2D eigenvalue weighted by atomic mass is 16.6. The second-order valence-electron chi connectivity index (χ2n) is 5.08. The molecule has 104 valence electrons. The third-order valence-corrected chi connectivity index (χ3v) is 3.56. The van der Waals surface area contributed by atoms with Gasteiger partial charge in [0, 0.05) is 18.2 Å². The lowest BCUT2D eigenvalue weighted by Crippen LogP contribution is -2.13. The number of non-ortho nitro benzene ring substituents is 1. The van der Waals surface area contributed by atoms with Gasteiger partial charge in [0.05, 0.1) is 4.92 Å². The lowest BCUT2D eigenvalue weighted by Gasteiger charge is -2.13. The fraction of sp³-hybridized carbons (Fsp3) is 0.250. The molecule has 0 saturated carbocycles. The summed E-state index contributed by atoms with van der Waals surface area (Å²) in [7, 11) is 0. The van der Waals surface area contributed by atoms with Gasteiger partial charge in [-0.2, -0.15) is 0 Å². The van der Waals surface area contributed by atoms with Crippen molar-refractivity contribution in [3.05, 3.63) is 74.8 Å². The number of nitro benzene ring substituents is 1. The van der Waals surface area contributed by atoms with Gasteiger partial charge >= 0.3 is 0 Å². The summed E-state index contributed by atoms with van der Waals surface area (Å²) >= 11 is 0. The largest absolute Gasteiger partial charge is 0.324 e. The molecule has 0 aliphatic carbocycles. The molecule has 2 N–H and O–H groups in total. The molecule has 0 fully saturated rings. The monoisotopic (exact) mass is 270 g/mol.